The number of ether oxygens (including phenoxy) is 8. The summed E-state index contributed by atoms with van der Waals surface area (Å²) in [4.78, 5) is 27.3. The van der Waals surface area contributed by atoms with Crippen LogP contribution in [0.25, 0.3) is 0 Å². The number of alkyl carbamates (subject to hydrolysis) is 1. The number of carbonyl (C=O) groups is 2. The summed E-state index contributed by atoms with van der Waals surface area (Å²) >= 11 is 0. The van der Waals surface area contributed by atoms with Gasteiger partial charge in [0.25, 0.3) is 0 Å². The summed E-state index contributed by atoms with van der Waals surface area (Å²) in [6.07, 6.45) is -6.97. The average Bonchev–Trinajstić information content (AvgIpc) is 3.50. The van der Waals surface area contributed by atoms with E-state index in [1.165, 1.54) is 7.11 Å². The fourth-order valence-corrected chi connectivity index (χ4v) is 6.47. The first-order chi connectivity index (χ1) is 19.0. The van der Waals surface area contributed by atoms with E-state index < -0.39 is 77.0 Å². The molecule has 1 amide bonds. The fourth-order valence-electron chi connectivity index (χ4n) is 6.47. The molecule has 12 nitrogen and oxygen atoms in total. The molecule has 4 aliphatic rings. The van der Waals surface area contributed by atoms with Crippen molar-refractivity contribution in [1.29, 1.82) is 0 Å². The highest BCUT2D eigenvalue weighted by molar-refractivity contribution is 5.80. The first kappa shape index (κ1) is 30.1. The number of carbonyl (C=O) groups excluding carboxylic acids is 2. The zero-order valence-electron chi connectivity index (χ0n) is 24.8. The van der Waals surface area contributed by atoms with E-state index >= 15 is 0 Å². The number of hydrogen-bond donors (Lipinski definition) is 2. The van der Waals surface area contributed by atoms with Crippen molar-refractivity contribution >= 4 is 12.1 Å². The molecule has 3 saturated heterocycles. The molecular formula is C29H41NO11. The lowest BCUT2D eigenvalue weighted by molar-refractivity contribution is -0.263. The summed E-state index contributed by atoms with van der Waals surface area (Å²) in [5.41, 5.74) is -3.30. The van der Waals surface area contributed by atoms with Gasteiger partial charge in [0.15, 0.2) is 24.0 Å². The second-order valence-electron chi connectivity index (χ2n) is 13.0. The third kappa shape index (κ3) is 5.24. The Labute approximate surface area is 239 Å². The standard InChI is InChI=1S/C29H41NO11/c1-25(2,3)40-24(33)30-29-17(23(34-8)37-21(29)22(32)35-14-16-12-10-9-11-13-16)18(31)28(15-36-26(4,5)41-28)19-20(29)39-27(6,7)38-19/h9-13,17-21,23,31H,14-15H2,1-8H3,(H,30,33)/t17-,18-,19+,20-,21-,23+,28+,29-/m1/s1. The topological polar surface area (TPSA) is 140 Å². The van der Waals surface area contributed by atoms with Crippen LogP contribution in [0.1, 0.15) is 54.0 Å². The van der Waals surface area contributed by atoms with E-state index in [1.54, 1.807) is 48.5 Å². The minimum atomic E-state index is -1.75. The van der Waals surface area contributed by atoms with Gasteiger partial charge in [0.05, 0.1) is 18.6 Å². The Kier molecular flexibility index (Phi) is 7.46. The van der Waals surface area contributed by atoms with Gasteiger partial charge in [-0.2, -0.15) is 0 Å². The number of methoxy groups -OCH3 is 1. The highest BCUT2D eigenvalue weighted by atomic mass is 16.8. The van der Waals surface area contributed by atoms with Crippen molar-refractivity contribution < 1.29 is 52.6 Å². The fraction of sp³-hybridized carbons (Fsp3) is 0.724. The molecule has 8 atom stereocenters. The molecule has 3 heterocycles. The Morgan fingerprint density at radius 2 is 1.71 bits per heavy atom. The maximum absolute atomic E-state index is 13.9. The Hall–Kier alpha value is -2.32. The molecule has 2 N–H and O–H groups in total. The Morgan fingerprint density at radius 1 is 1.05 bits per heavy atom. The minimum absolute atomic E-state index is 0.0413. The SMILES string of the molecule is CO[C@H]1O[C@H](C(=O)OCc2ccccc2)[C@@]2(NC(=O)OC(C)(C)C)[C@@H]1[C@@H](O)[C@@]1(COC(C)(C)O1)[C@H]1OC(C)(C)O[C@H]12. The van der Waals surface area contributed by atoms with Crippen LogP contribution in [0.15, 0.2) is 30.3 Å². The van der Waals surface area contributed by atoms with Crippen molar-refractivity contribution in [2.75, 3.05) is 13.7 Å². The second-order valence-corrected chi connectivity index (χ2v) is 13.0. The minimum Gasteiger partial charge on any atom is -0.459 e. The summed E-state index contributed by atoms with van der Waals surface area (Å²) in [5, 5.41) is 15.0. The van der Waals surface area contributed by atoms with Gasteiger partial charge in [-0.25, -0.2) is 9.59 Å². The molecule has 4 fully saturated rings. The van der Waals surface area contributed by atoms with E-state index in [0.717, 1.165) is 5.56 Å². The molecule has 1 aliphatic carbocycles. The molecule has 0 unspecified atom stereocenters. The molecule has 0 radical (unpaired) electrons. The Morgan fingerprint density at radius 3 is 2.29 bits per heavy atom. The lowest BCUT2D eigenvalue weighted by Gasteiger charge is -2.55. The van der Waals surface area contributed by atoms with Crippen molar-refractivity contribution in [2.24, 2.45) is 5.92 Å². The summed E-state index contributed by atoms with van der Waals surface area (Å²) in [6, 6.07) is 9.15. The monoisotopic (exact) mass is 579 g/mol. The summed E-state index contributed by atoms with van der Waals surface area (Å²) in [7, 11) is 1.39. The van der Waals surface area contributed by atoms with Crippen molar-refractivity contribution in [3.05, 3.63) is 35.9 Å². The van der Waals surface area contributed by atoms with Crippen LogP contribution in [-0.2, 0) is 49.3 Å². The molecule has 1 aromatic rings. The highest BCUT2D eigenvalue weighted by Gasteiger charge is 2.81. The van der Waals surface area contributed by atoms with Gasteiger partial charge in [0.1, 0.15) is 35.6 Å². The molecule has 0 aromatic heterocycles. The van der Waals surface area contributed by atoms with Crippen LogP contribution >= 0.6 is 0 Å². The van der Waals surface area contributed by atoms with E-state index in [4.69, 9.17) is 37.9 Å². The maximum Gasteiger partial charge on any atom is 0.408 e. The average molecular weight is 580 g/mol. The van der Waals surface area contributed by atoms with Crippen LogP contribution in [0.3, 0.4) is 0 Å². The van der Waals surface area contributed by atoms with Crippen LogP contribution in [0, 0.1) is 5.92 Å². The van der Waals surface area contributed by atoms with Gasteiger partial charge >= 0.3 is 12.1 Å². The number of benzene rings is 1. The Bertz CT molecular complexity index is 1150. The van der Waals surface area contributed by atoms with Crippen LogP contribution in [0.2, 0.25) is 0 Å². The number of esters is 1. The molecular weight excluding hydrogens is 538 g/mol. The summed E-state index contributed by atoms with van der Waals surface area (Å²) in [6.45, 7) is 11.9. The van der Waals surface area contributed by atoms with Gasteiger partial charge in [-0.05, 0) is 54.0 Å². The van der Waals surface area contributed by atoms with E-state index in [9.17, 15) is 14.7 Å². The number of nitrogens with one attached hydrogen (secondary N) is 1. The summed E-state index contributed by atoms with van der Waals surface area (Å²) in [5.74, 6) is -4.13. The molecule has 1 spiro atoms. The number of aliphatic hydroxyl groups excluding tert-OH is 1. The third-order valence-electron chi connectivity index (χ3n) is 7.91. The zero-order valence-corrected chi connectivity index (χ0v) is 24.8. The van der Waals surface area contributed by atoms with E-state index in [2.05, 4.69) is 5.32 Å². The van der Waals surface area contributed by atoms with Crippen molar-refractivity contribution in [3.8, 4) is 0 Å². The number of hydrogen-bond acceptors (Lipinski definition) is 11. The van der Waals surface area contributed by atoms with E-state index in [-0.39, 0.29) is 13.2 Å². The van der Waals surface area contributed by atoms with Gasteiger partial charge < -0.3 is 48.3 Å². The van der Waals surface area contributed by atoms with Gasteiger partial charge in [0, 0.05) is 7.11 Å². The predicted molar refractivity (Wildman–Crippen MR) is 141 cm³/mol. The first-order valence-electron chi connectivity index (χ1n) is 13.8. The molecule has 1 saturated carbocycles. The van der Waals surface area contributed by atoms with Crippen LogP contribution in [-0.4, -0.2) is 89.9 Å². The highest BCUT2D eigenvalue weighted by Crippen LogP contribution is 2.58. The zero-order chi connectivity index (χ0) is 30.0. The molecule has 5 rings (SSSR count). The first-order valence-corrected chi connectivity index (χ1v) is 13.8. The number of aliphatic hydroxyl groups is 1. The lowest BCUT2D eigenvalue weighted by atomic mass is 9.60. The Balaban J connectivity index is 1.61. The van der Waals surface area contributed by atoms with Crippen molar-refractivity contribution in [1.82, 2.24) is 5.32 Å². The lowest BCUT2D eigenvalue weighted by Crippen LogP contribution is -2.80. The quantitative estimate of drug-likeness (QED) is 0.497. The van der Waals surface area contributed by atoms with E-state index in [0.29, 0.717) is 0 Å². The van der Waals surface area contributed by atoms with Crippen LogP contribution in [0.4, 0.5) is 4.79 Å². The number of amides is 1. The largest absolute Gasteiger partial charge is 0.459 e. The summed E-state index contributed by atoms with van der Waals surface area (Å²) < 4.78 is 48.3. The molecule has 41 heavy (non-hydrogen) atoms. The van der Waals surface area contributed by atoms with Crippen molar-refractivity contribution in [3.63, 3.8) is 0 Å². The number of fused-ring (bicyclic) bond motifs is 4. The van der Waals surface area contributed by atoms with Gasteiger partial charge in [-0.1, -0.05) is 30.3 Å². The maximum atomic E-state index is 13.9. The molecule has 3 aliphatic heterocycles. The molecule has 1 aromatic carbocycles. The van der Waals surface area contributed by atoms with Gasteiger partial charge in [0.2, 0.25) is 0 Å². The van der Waals surface area contributed by atoms with Crippen molar-refractivity contribution in [2.45, 2.75) is 114 Å². The van der Waals surface area contributed by atoms with E-state index in [1.807, 2.05) is 30.3 Å². The number of rotatable bonds is 5. The second kappa shape index (κ2) is 10.1. The smallest absolute Gasteiger partial charge is 0.408 e. The van der Waals surface area contributed by atoms with Crippen LogP contribution < -0.4 is 5.32 Å². The van der Waals surface area contributed by atoms with Crippen LogP contribution in [0.5, 0.6) is 0 Å². The molecule has 228 valence electrons. The molecule has 12 heteroatoms. The van der Waals surface area contributed by atoms with Gasteiger partial charge in [-0.3, -0.25) is 0 Å². The predicted octanol–water partition coefficient (Wildman–Crippen LogP) is 2.40. The molecule has 0 bridgehead atoms. The third-order valence-corrected chi connectivity index (χ3v) is 7.91. The van der Waals surface area contributed by atoms with Gasteiger partial charge in [-0.15, -0.1) is 0 Å². The normalized spacial score (nSPS) is 38.8.